The number of rotatable bonds is 7. The van der Waals surface area contributed by atoms with E-state index in [1.807, 2.05) is 30.3 Å². The summed E-state index contributed by atoms with van der Waals surface area (Å²) in [6, 6.07) is 19.2. The van der Waals surface area contributed by atoms with Gasteiger partial charge in [0.05, 0.1) is 23.0 Å². The largest absolute Gasteiger partial charge is 0.426 e. The summed E-state index contributed by atoms with van der Waals surface area (Å²) in [4.78, 5) is 59.9. The second-order valence-corrected chi connectivity index (χ2v) is 11.9. The Labute approximate surface area is 269 Å². The van der Waals surface area contributed by atoms with Gasteiger partial charge in [0.15, 0.2) is 0 Å². The van der Waals surface area contributed by atoms with Crippen LogP contribution in [-0.4, -0.2) is 63.8 Å². The Kier molecular flexibility index (Phi) is 8.95. The number of aromatic amines is 1. The van der Waals surface area contributed by atoms with E-state index in [1.54, 1.807) is 47.4 Å². The number of amides is 4. The number of anilines is 1. The highest BCUT2D eigenvalue weighted by atomic mass is 35.5. The van der Waals surface area contributed by atoms with E-state index in [2.05, 4.69) is 15.6 Å². The molecule has 2 aliphatic heterocycles. The van der Waals surface area contributed by atoms with Crippen LogP contribution in [0.1, 0.15) is 30.5 Å². The van der Waals surface area contributed by atoms with Gasteiger partial charge in [-0.15, -0.1) is 0 Å². The minimum atomic E-state index is -0.853. The summed E-state index contributed by atoms with van der Waals surface area (Å²) in [6.07, 6.45) is 1.38. The molecule has 10 nitrogen and oxygen atoms in total. The lowest BCUT2D eigenvalue weighted by atomic mass is 9.95. The Morgan fingerprint density at radius 3 is 2.49 bits per heavy atom. The van der Waals surface area contributed by atoms with Gasteiger partial charge in [0.2, 0.25) is 11.8 Å². The van der Waals surface area contributed by atoms with Crippen LogP contribution in [0.25, 0.3) is 10.9 Å². The molecular weight excluding hydrogens is 617 g/mol. The molecule has 4 aromatic rings. The lowest BCUT2D eigenvalue weighted by Gasteiger charge is -2.38. The van der Waals surface area contributed by atoms with Gasteiger partial charge in [-0.1, -0.05) is 59.6 Å². The molecule has 0 aliphatic carbocycles. The second-order valence-electron chi connectivity index (χ2n) is 11.1. The van der Waals surface area contributed by atoms with E-state index in [0.717, 1.165) is 22.2 Å². The molecule has 2 aliphatic rings. The zero-order chi connectivity index (χ0) is 31.5. The van der Waals surface area contributed by atoms with E-state index in [4.69, 9.17) is 27.9 Å². The predicted molar refractivity (Wildman–Crippen MR) is 171 cm³/mol. The molecule has 0 spiro atoms. The molecule has 0 radical (unpaired) electrons. The zero-order valence-corrected chi connectivity index (χ0v) is 25.7. The fourth-order valence-electron chi connectivity index (χ4n) is 5.98. The lowest BCUT2D eigenvalue weighted by Crippen LogP contribution is -2.57. The fourth-order valence-corrected chi connectivity index (χ4v) is 6.28. The first kappa shape index (κ1) is 30.5. The van der Waals surface area contributed by atoms with Crippen molar-refractivity contribution in [3.8, 4) is 5.75 Å². The third kappa shape index (κ3) is 6.62. The number of nitrogens with zero attached hydrogens (tertiary/aromatic N) is 2. The summed E-state index contributed by atoms with van der Waals surface area (Å²) < 4.78 is 5.29. The van der Waals surface area contributed by atoms with E-state index in [-0.39, 0.29) is 42.8 Å². The summed E-state index contributed by atoms with van der Waals surface area (Å²) in [7, 11) is 0. The van der Waals surface area contributed by atoms with Gasteiger partial charge in [0, 0.05) is 41.8 Å². The van der Waals surface area contributed by atoms with E-state index in [0.29, 0.717) is 35.8 Å². The van der Waals surface area contributed by atoms with Crippen LogP contribution in [0.3, 0.4) is 0 Å². The molecule has 1 aromatic heterocycles. The van der Waals surface area contributed by atoms with Crippen LogP contribution in [0.4, 0.5) is 10.5 Å². The average molecular weight is 649 g/mol. The molecule has 3 heterocycles. The van der Waals surface area contributed by atoms with E-state index in [9.17, 15) is 19.2 Å². The molecule has 3 aromatic carbocycles. The number of H-pyrrole nitrogens is 1. The number of fused-ring (bicyclic) bond motifs is 3. The molecule has 1 saturated heterocycles. The van der Waals surface area contributed by atoms with Gasteiger partial charge in [-0.05, 0) is 54.8 Å². The predicted octanol–water partition coefficient (Wildman–Crippen LogP) is 5.54. The van der Waals surface area contributed by atoms with E-state index < -0.39 is 24.1 Å². The standard InChI is InChI=1S/C33H31Cl2N5O5/c34-24-13-12-20(17-25(24)35)37-33(44)40-19-27-23(22-9-4-5-10-26(22)38-27)18-29(40)32(43)39-16-6-11-28(39)31(42)36-15-14-30(41)45-21-7-2-1-3-8-21/h1-5,7-10,12-13,17,28-29,38H,6,11,14-16,18-19H2,(H,36,42)(H,37,44)/t28-,29+/m0/s1. The number of nitrogens with one attached hydrogen (secondary N) is 3. The highest BCUT2D eigenvalue weighted by molar-refractivity contribution is 6.42. The molecular formula is C33H31Cl2N5O5. The first-order valence-corrected chi connectivity index (χ1v) is 15.5. The molecule has 45 heavy (non-hydrogen) atoms. The van der Waals surface area contributed by atoms with Crippen LogP contribution in [0.15, 0.2) is 72.8 Å². The molecule has 0 saturated carbocycles. The first-order chi connectivity index (χ1) is 21.8. The van der Waals surface area contributed by atoms with Crippen LogP contribution in [-0.2, 0) is 27.3 Å². The van der Waals surface area contributed by atoms with Crippen molar-refractivity contribution < 1.29 is 23.9 Å². The van der Waals surface area contributed by atoms with Crippen LogP contribution in [0.5, 0.6) is 5.75 Å². The minimum absolute atomic E-state index is 0.0179. The molecule has 2 atom stereocenters. The Balaban J connectivity index is 1.18. The highest BCUT2D eigenvalue weighted by Gasteiger charge is 2.43. The number of para-hydroxylation sites is 2. The van der Waals surface area contributed by atoms with Crippen LogP contribution < -0.4 is 15.4 Å². The number of benzene rings is 3. The van der Waals surface area contributed by atoms with Gasteiger partial charge in [-0.25, -0.2) is 4.79 Å². The fraction of sp³-hybridized carbons (Fsp3) is 0.273. The van der Waals surface area contributed by atoms with Crippen molar-refractivity contribution in [2.45, 2.75) is 44.3 Å². The van der Waals surface area contributed by atoms with Gasteiger partial charge in [-0.2, -0.15) is 0 Å². The van der Waals surface area contributed by atoms with Crippen LogP contribution in [0, 0.1) is 0 Å². The van der Waals surface area contributed by atoms with Crippen molar-refractivity contribution in [1.82, 2.24) is 20.1 Å². The molecule has 6 rings (SSSR count). The number of urea groups is 1. The summed E-state index contributed by atoms with van der Waals surface area (Å²) in [5.74, 6) is -0.693. The number of hydrogen-bond acceptors (Lipinski definition) is 5. The summed E-state index contributed by atoms with van der Waals surface area (Å²) in [5.41, 5.74) is 3.18. The third-order valence-corrected chi connectivity index (χ3v) is 8.90. The minimum Gasteiger partial charge on any atom is -0.426 e. The summed E-state index contributed by atoms with van der Waals surface area (Å²) in [6.45, 7) is 0.623. The number of carbonyl (C=O) groups excluding carboxylic acids is 4. The molecule has 3 N–H and O–H groups in total. The molecule has 0 unspecified atom stereocenters. The van der Waals surface area contributed by atoms with E-state index in [1.165, 1.54) is 4.90 Å². The second kappa shape index (κ2) is 13.2. The zero-order valence-electron chi connectivity index (χ0n) is 24.2. The number of aromatic nitrogens is 1. The smallest absolute Gasteiger partial charge is 0.322 e. The lowest BCUT2D eigenvalue weighted by molar-refractivity contribution is -0.142. The van der Waals surface area contributed by atoms with Crippen molar-refractivity contribution in [3.63, 3.8) is 0 Å². The number of esters is 1. The van der Waals surface area contributed by atoms with Crippen LogP contribution in [0.2, 0.25) is 10.0 Å². The quantitative estimate of drug-likeness (QED) is 0.180. The molecule has 4 amide bonds. The molecule has 1 fully saturated rings. The van der Waals surface area contributed by atoms with Crippen molar-refractivity contribution in [2.24, 2.45) is 0 Å². The van der Waals surface area contributed by atoms with Gasteiger partial charge in [0.25, 0.3) is 0 Å². The molecule has 0 bridgehead atoms. The topological polar surface area (TPSA) is 124 Å². The van der Waals surface area contributed by atoms with Crippen molar-refractivity contribution in [2.75, 3.05) is 18.4 Å². The third-order valence-electron chi connectivity index (χ3n) is 8.16. The van der Waals surface area contributed by atoms with Gasteiger partial charge < -0.3 is 30.2 Å². The molecule has 232 valence electrons. The Hall–Kier alpha value is -4.54. The number of likely N-dealkylation sites (tertiary alicyclic amines) is 1. The van der Waals surface area contributed by atoms with E-state index >= 15 is 0 Å². The molecule has 12 heteroatoms. The number of halogens is 2. The Morgan fingerprint density at radius 2 is 1.69 bits per heavy atom. The average Bonchev–Trinajstić information content (AvgIpc) is 3.67. The number of ether oxygens (including phenoxy) is 1. The summed E-state index contributed by atoms with van der Waals surface area (Å²) >= 11 is 12.2. The maximum absolute atomic E-state index is 14.2. The number of hydrogen-bond donors (Lipinski definition) is 3. The SMILES string of the molecule is O=C(CCNC(=O)[C@@H]1CCCN1C(=O)[C@H]1Cc2c([nH]c3ccccc23)CN1C(=O)Nc1ccc(Cl)c(Cl)c1)Oc1ccccc1. The van der Waals surface area contributed by atoms with Gasteiger partial charge in [0.1, 0.15) is 17.8 Å². The van der Waals surface area contributed by atoms with Crippen molar-refractivity contribution in [1.29, 1.82) is 0 Å². The first-order valence-electron chi connectivity index (χ1n) is 14.7. The normalized spacial score (nSPS) is 17.6. The highest BCUT2D eigenvalue weighted by Crippen LogP contribution is 2.33. The number of carbonyl (C=O) groups is 4. The van der Waals surface area contributed by atoms with Crippen molar-refractivity contribution >= 4 is 63.6 Å². The van der Waals surface area contributed by atoms with Crippen LogP contribution >= 0.6 is 23.2 Å². The Morgan fingerprint density at radius 1 is 0.911 bits per heavy atom. The maximum atomic E-state index is 14.2. The maximum Gasteiger partial charge on any atom is 0.322 e. The Bertz CT molecular complexity index is 1760. The summed E-state index contributed by atoms with van der Waals surface area (Å²) in [5, 5.41) is 7.27. The van der Waals surface area contributed by atoms with Gasteiger partial charge in [-0.3, -0.25) is 14.4 Å². The van der Waals surface area contributed by atoms with Gasteiger partial charge >= 0.3 is 12.0 Å². The monoisotopic (exact) mass is 647 g/mol. The van der Waals surface area contributed by atoms with Crippen molar-refractivity contribution in [3.05, 3.63) is 94.1 Å².